The van der Waals surface area contributed by atoms with Crippen LogP contribution in [-0.2, 0) is 11.2 Å². The van der Waals surface area contributed by atoms with Crippen molar-refractivity contribution in [3.8, 4) is 0 Å². The quantitative estimate of drug-likeness (QED) is 0.637. The number of benzene rings is 1. The summed E-state index contributed by atoms with van der Waals surface area (Å²) in [6.45, 7) is 2.99. The minimum Gasteiger partial charge on any atom is -0.361 e. The third-order valence-electron chi connectivity index (χ3n) is 2.63. The van der Waals surface area contributed by atoms with Gasteiger partial charge in [0.05, 0.1) is 6.04 Å². The minimum atomic E-state index is 0.0578. The van der Waals surface area contributed by atoms with E-state index >= 15 is 0 Å². The predicted molar refractivity (Wildman–Crippen MR) is 53.0 cm³/mol. The van der Waals surface area contributed by atoms with Crippen molar-refractivity contribution in [3.63, 3.8) is 0 Å². The van der Waals surface area contributed by atoms with E-state index in [0.29, 0.717) is 0 Å². The summed E-state index contributed by atoms with van der Waals surface area (Å²) >= 11 is 0. The zero-order valence-corrected chi connectivity index (χ0v) is 7.73. The molecule has 0 spiro atoms. The fourth-order valence-electron chi connectivity index (χ4n) is 2.00. The highest BCUT2D eigenvalue weighted by Crippen LogP contribution is 2.30. The lowest BCUT2D eigenvalue weighted by Gasteiger charge is -2.21. The molecule has 1 atom stereocenters. The Kier molecular flexibility index (Phi) is 2.05. The van der Waals surface area contributed by atoms with E-state index in [2.05, 4.69) is 24.0 Å². The number of aldehydes is 1. The van der Waals surface area contributed by atoms with Crippen LogP contribution < -0.4 is 4.90 Å². The molecule has 2 heteroatoms. The zero-order valence-electron chi connectivity index (χ0n) is 7.73. The van der Waals surface area contributed by atoms with Crippen LogP contribution in [0.5, 0.6) is 0 Å². The topological polar surface area (TPSA) is 20.3 Å². The molecule has 2 nitrogen and oxygen atoms in total. The van der Waals surface area contributed by atoms with Crippen molar-refractivity contribution in [1.29, 1.82) is 0 Å². The number of likely N-dealkylation sites (N-methyl/N-ethyl adjacent to an activating group) is 1. The van der Waals surface area contributed by atoms with Crippen molar-refractivity contribution in [2.75, 3.05) is 11.4 Å². The average molecular weight is 175 g/mol. The van der Waals surface area contributed by atoms with Gasteiger partial charge in [-0.2, -0.15) is 0 Å². The third-order valence-corrected chi connectivity index (χ3v) is 2.63. The van der Waals surface area contributed by atoms with Crippen LogP contribution in [0, 0.1) is 0 Å². The first-order valence-electron chi connectivity index (χ1n) is 4.66. The summed E-state index contributed by atoms with van der Waals surface area (Å²) in [5, 5.41) is 0. The highest BCUT2D eigenvalue weighted by Gasteiger charge is 2.26. The molecule has 0 aromatic heterocycles. The van der Waals surface area contributed by atoms with E-state index in [1.807, 2.05) is 12.1 Å². The van der Waals surface area contributed by atoms with Crippen LogP contribution in [0.3, 0.4) is 0 Å². The molecule has 0 bridgehead atoms. The van der Waals surface area contributed by atoms with Crippen LogP contribution in [-0.4, -0.2) is 18.9 Å². The highest BCUT2D eigenvalue weighted by molar-refractivity contribution is 5.73. The standard InChI is InChI=1S/C11H13NO/c1-2-12-10(8-13)7-9-5-3-4-6-11(9)12/h3-6,8,10H,2,7H2,1H3/t10-/m0/s1. The third kappa shape index (κ3) is 1.22. The normalized spacial score (nSPS) is 20.1. The maximum atomic E-state index is 10.8. The number of hydrogen-bond donors (Lipinski definition) is 0. The number of nitrogens with zero attached hydrogens (tertiary/aromatic N) is 1. The Hall–Kier alpha value is -1.31. The lowest BCUT2D eigenvalue weighted by molar-refractivity contribution is -0.108. The van der Waals surface area contributed by atoms with E-state index in [9.17, 15) is 4.79 Å². The molecule has 1 aliphatic heterocycles. The predicted octanol–water partition coefficient (Wildman–Crippen LogP) is 1.64. The van der Waals surface area contributed by atoms with Crippen molar-refractivity contribution in [3.05, 3.63) is 29.8 Å². The van der Waals surface area contributed by atoms with Gasteiger partial charge in [0.1, 0.15) is 6.29 Å². The molecule has 0 aliphatic carbocycles. The van der Waals surface area contributed by atoms with Crippen molar-refractivity contribution < 1.29 is 4.79 Å². The lowest BCUT2D eigenvalue weighted by atomic mass is 10.1. The molecule has 0 N–H and O–H groups in total. The number of fused-ring (bicyclic) bond motifs is 1. The van der Waals surface area contributed by atoms with E-state index in [0.717, 1.165) is 19.3 Å². The van der Waals surface area contributed by atoms with Crippen molar-refractivity contribution in [1.82, 2.24) is 0 Å². The molecule has 68 valence electrons. The van der Waals surface area contributed by atoms with E-state index in [4.69, 9.17) is 0 Å². The van der Waals surface area contributed by atoms with Gasteiger partial charge in [-0.25, -0.2) is 0 Å². The Bertz CT molecular complexity index is 322. The van der Waals surface area contributed by atoms with Crippen molar-refractivity contribution in [2.24, 2.45) is 0 Å². The van der Waals surface area contributed by atoms with Crippen LogP contribution in [0.2, 0.25) is 0 Å². The van der Waals surface area contributed by atoms with E-state index in [1.165, 1.54) is 11.3 Å². The highest BCUT2D eigenvalue weighted by atomic mass is 16.1. The van der Waals surface area contributed by atoms with Crippen LogP contribution in [0.25, 0.3) is 0 Å². The van der Waals surface area contributed by atoms with Gasteiger partial charge < -0.3 is 9.69 Å². The second-order valence-corrected chi connectivity index (χ2v) is 3.32. The first-order valence-corrected chi connectivity index (χ1v) is 4.66. The van der Waals surface area contributed by atoms with Gasteiger partial charge in [0.15, 0.2) is 0 Å². The molecule has 0 amide bonds. The first-order chi connectivity index (χ1) is 6.36. The molecule has 1 heterocycles. The molecule has 0 fully saturated rings. The van der Waals surface area contributed by atoms with Gasteiger partial charge in [0.25, 0.3) is 0 Å². The average Bonchev–Trinajstić information content (AvgIpc) is 2.55. The summed E-state index contributed by atoms with van der Waals surface area (Å²) in [5.41, 5.74) is 2.52. The van der Waals surface area contributed by atoms with Gasteiger partial charge >= 0.3 is 0 Å². The Morgan fingerprint density at radius 1 is 1.54 bits per heavy atom. The number of carbonyl (C=O) groups is 1. The van der Waals surface area contributed by atoms with E-state index in [-0.39, 0.29) is 6.04 Å². The molecule has 0 unspecified atom stereocenters. The van der Waals surface area contributed by atoms with Crippen molar-refractivity contribution >= 4 is 12.0 Å². The molecule has 0 saturated heterocycles. The van der Waals surface area contributed by atoms with E-state index in [1.54, 1.807) is 0 Å². The number of anilines is 1. The minimum absolute atomic E-state index is 0.0578. The summed E-state index contributed by atoms with van der Waals surface area (Å²) in [7, 11) is 0. The number of para-hydroxylation sites is 1. The summed E-state index contributed by atoms with van der Waals surface area (Å²) in [6.07, 6.45) is 1.91. The fourth-order valence-corrected chi connectivity index (χ4v) is 2.00. The monoisotopic (exact) mass is 175 g/mol. The van der Waals surface area contributed by atoms with Gasteiger partial charge in [0.2, 0.25) is 0 Å². The van der Waals surface area contributed by atoms with Crippen LogP contribution in [0.4, 0.5) is 5.69 Å². The molecule has 13 heavy (non-hydrogen) atoms. The smallest absolute Gasteiger partial charge is 0.142 e. The molecule has 1 aromatic carbocycles. The maximum Gasteiger partial charge on any atom is 0.142 e. The zero-order chi connectivity index (χ0) is 9.26. The summed E-state index contributed by atoms with van der Waals surface area (Å²) in [5.74, 6) is 0. The molecular formula is C11H13NO. The van der Waals surface area contributed by atoms with Gasteiger partial charge in [0, 0.05) is 18.7 Å². The second kappa shape index (κ2) is 3.21. The first kappa shape index (κ1) is 8.30. The largest absolute Gasteiger partial charge is 0.361 e. The summed E-state index contributed by atoms with van der Waals surface area (Å²) in [4.78, 5) is 13.0. The van der Waals surface area contributed by atoms with Gasteiger partial charge in [-0.3, -0.25) is 0 Å². The Morgan fingerprint density at radius 2 is 2.31 bits per heavy atom. The van der Waals surface area contributed by atoms with E-state index < -0.39 is 0 Å². The molecule has 1 aromatic rings. The van der Waals surface area contributed by atoms with Crippen molar-refractivity contribution in [2.45, 2.75) is 19.4 Å². The molecule has 0 saturated carbocycles. The Balaban J connectivity index is 2.39. The molecule has 0 radical (unpaired) electrons. The van der Waals surface area contributed by atoms with Crippen LogP contribution in [0.1, 0.15) is 12.5 Å². The van der Waals surface area contributed by atoms with Gasteiger partial charge in [-0.1, -0.05) is 18.2 Å². The SMILES string of the molecule is CCN1c2ccccc2C[C@H]1C=O. The van der Waals surface area contributed by atoms with Gasteiger partial charge in [-0.05, 0) is 18.6 Å². The fraction of sp³-hybridized carbons (Fsp3) is 0.364. The summed E-state index contributed by atoms with van der Waals surface area (Å²) in [6, 6.07) is 8.29. The van der Waals surface area contributed by atoms with Crippen LogP contribution in [0.15, 0.2) is 24.3 Å². The maximum absolute atomic E-state index is 10.8. The molecule has 1 aliphatic rings. The number of rotatable bonds is 2. The molecule has 2 rings (SSSR count). The second-order valence-electron chi connectivity index (χ2n) is 3.32. The van der Waals surface area contributed by atoms with Crippen LogP contribution >= 0.6 is 0 Å². The number of carbonyl (C=O) groups excluding carboxylic acids is 1. The molecular weight excluding hydrogens is 162 g/mol. The number of hydrogen-bond acceptors (Lipinski definition) is 2. The lowest BCUT2D eigenvalue weighted by Crippen LogP contribution is -2.32. The van der Waals surface area contributed by atoms with Gasteiger partial charge in [-0.15, -0.1) is 0 Å². The Labute approximate surface area is 78.2 Å². The summed E-state index contributed by atoms with van der Waals surface area (Å²) < 4.78 is 0. The Morgan fingerprint density at radius 3 is 3.00 bits per heavy atom.